The summed E-state index contributed by atoms with van der Waals surface area (Å²) >= 11 is 6.09. The van der Waals surface area contributed by atoms with Crippen molar-refractivity contribution < 1.29 is 4.79 Å². The molecule has 0 bridgehead atoms. The van der Waals surface area contributed by atoms with Gasteiger partial charge in [0.25, 0.3) is 0 Å². The van der Waals surface area contributed by atoms with Crippen LogP contribution in [0.2, 0.25) is 5.02 Å². The van der Waals surface area contributed by atoms with Gasteiger partial charge in [0.05, 0.1) is 12.1 Å². The van der Waals surface area contributed by atoms with Crippen molar-refractivity contribution in [1.29, 1.82) is 0 Å². The van der Waals surface area contributed by atoms with Gasteiger partial charge in [0.1, 0.15) is 0 Å². The van der Waals surface area contributed by atoms with Gasteiger partial charge in [0, 0.05) is 5.02 Å². The Morgan fingerprint density at radius 3 is 2.39 bits per heavy atom. The van der Waals surface area contributed by atoms with Crippen molar-refractivity contribution in [1.82, 2.24) is 5.32 Å². The lowest BCUT2D eigenvalue weighted by atomic mass is 9.86. The molecule has 1 aromatic rings. The monoisotopic (exact) mass is 268 g/mol. The van der Waals surface area contributed by atoms with E-state index in [0.717, 1.165) is 5.56 Å². The maximum Gasteiger partial charge on any atom is 0.237 e. The molecule has 1 rings (SSSR count). The van der Waals surface area contributed by atoms with Crippen molar-refractivity contribution >= 4 is 17.5 Å². The topological polar surface area (TPSA) is 55.1 Å². The van der Waals surface area contributed by atoms with Crippen LogP contribution < -0.4 is 11.1 Å². The van der Waals surface area contributed by atoms with Crippen LogP contribution in [-0.2, 0) is 4.79 Å². The summed E-state index contributed by atoms with van der Waals surface area (Å²) in [5, 5.41) is 3.54. The Kier molecular flexibility index (Phi) is 4.77. The van der Waals surface area contributed by atoms with Crippen LogP contribution in [0.25, 0.3) is 0 Å². The van der Waals surface area contributed by atoms with E-state index in [0.29, 0.717) is 5.02 Å². The molecule has 0 aliphatic rings. The van der Waals surface area contributed by atoms with Crippen LogP contribution in [0, 0.1) is 5.41 Å². The van der Waals surface area contributed by atoms with Crippen molar-refractivity contribution in [2.75, 3.05) is 0 Å². The van der Waals surface area contributed by atoms with Gasteiger partial charge in [-0.15, -0.1) is 0 Å². The zero-order chi connectivity index (χ0) is 13.9. The first-order valence-electron chi connectivity index (χ1n) is 6.04. The molecule has 3 nitrogen and oxygen atoms in total. The Bertz CT molecular complexity index is 426. The number of halogens is 1. The molecular formula is C14H21ClN2O. The number of hydrogen-bond donors (Lipinski definition) is 2. The van der Waals surface area contributed by atoms with Crippen LogP contribution in [0.3, 0.4) is 0 Å². The summed E-state index contributed by atoms with van der Waals surface area (Å²) in [4.78, 5) is 12.0. The minimum Gasteiger partial charge on any atom is -0.348 e. The van der Waals surface area contributed by atoms with E-state index in [4.69, 9.17) is 17.3 Å². The zero-order valence-electron chi connectivity index (χ0n) is 11.3. The van der Waals surface area contributed by atoms with Crippen molar-refractivity contribution in [3.63, 3.8) is 0 Å². The SMILES string of the molecule is C[C@@H](NC(=O)[C@H](N)C(C)(C)C)c1ccccc1Cl. The van der Waals surface area contributed by atoms with Crippen LogP contribution in [0.4, 0.5) is 0 Å². The molecule has 0 unspecified atom stereocenters. The maximum atomic E-state index is 12.0. The fraction of sp³-hybridized carbons (Fsp3) is 0.500. The van der Waals surface area contributed by atoms with E-state index in [2.05, 4.69) is 5.32 Å². The van der Waals surface area contributed by atoms with Gasteiger partial charge in [-0.3, -0.25) is 4.79 Å². The van der Waals surface area contributed by atoms with Gasteiger partial charge in [0.15, 0.2) is 0 Å². The van der Waals surface area contributed by atoms with Crippen molar-refractivity contribution in [3.05, 3.63) is 34.9 Å². The molecule has 0 saturated carbocycles. The first kappa shape index (κ1) is 15.0. The molecule has 0 heterocycles. The predicted molar refractivity (Wildman–Crippen MR) is 75.4 cm³/mol. The van der Waals surface area contributed by atoms with Gasteiger partial charge in [-0.2, -0.15) is 0 Å². The molecule has 0 aromatic heterocycles. The molecule has 0 radical (unpaired) electrons. The maximum absolute atomic E-state index is 12.0. The van der Waals surface area contributed by atoms with E-state index in [-0.39, 0.29) is 17.4 Å². The predicted octanol–water partition coefficient (Wildman–Crippen LogP) is 2.89. The quantitative estimate of drug-likeness (QED) is 0.886. The summed E-state index contributed by atoms with van der Waals surface area (Å²) < 4.78 is 0. The normalized spacial score (nSPS) is 15.0. The van der Waals surface area contributed by atoms with E-state index >= 15 is 0 Å². The molecule has 3 N–H and O–H groups in total. The second kappa shape index (κ2) is 5.72. The number of carbonyl (C=O) groups excluding carboxylic acids is 1. The summed E-state index contributed by atoms with van der Waals surface area (Å²) in [7, 11) is 0. The Labute approximate surface area is 114 Å². The van der Waals surface area contributed by atoms with Crippen molar-refractivity contribution in [2.24, 2.45) is 11.1 Å². The fourth-order valence-electron chi connectivity index (χ4n) is 1.60. The molecule has 2 atom stereocenters. The van der Waals surface area contributed by atoms with Gasteiger partial charge in [-0.1, -0.05) is 50.6 Å². The van der Waals surface area contributed by atoms with E-state index in [1.807, 2.05) is 52.0 Å². The first-order valence-corrected chi connectivity index (χ1v) is 6.41. The number of hydrogen-bond acceptors (Lipinski definition) is 2. The van der Waals surface area contributed by atoms with Crippen molar-refractivity contribution in [3.8, 4) is 0 Å². The van der Waals surface area contributed by atoms with Crippen LogP contribution in [0.5, 0.6) is 0 Å². The lowest BCUT2D eigenvalue weighted by molar-refractivity contribution is -0.125. The number of nitrogens with one attached hydrogen (secondary N) is 1. The third-order valence-electron chi connectivity index (χ3n) is 2.95. The smallest absolute Gasteiger partial charge is 0.237 e. The Morgan fingerprint density at radius 2 is 1.89 bits per heavy atom. The second-order valence-electron chi connectivity index (χ2n) is 5.60. The van der Waals surface area contributed by atoms with Gasteiger partial charge in [0.2, 0.25) is 5.91 Å². The number of amides is 1. The van der Waals surface area contributed by atoms with Gasteiger partial charge < -0.3 is 11.1 Å². The highest BCUT2D eigenvalue weighted by molar-refractivity contribution is 6.31. The highest BCUT2D eigenvalue weighted by atomic mass is 35.5. The Balaban J connectivity index is 2.75. The van der Waals surface area contributed by atoms with Gasteiger partial charge in [-0.05, 0) is 24.0 Å². The molecule has 100 valence electrons. The second-order valence-corrected chi connectivity index (χ2v) is 6.00. The number of benzene rings is 1. The molecule has 0 aliphatic carbocycles. The molecule has 0 spiro atoms. The molecule has 1 amide bonds. The summed E-state index contributed by atoms with van der Waals surface area (Å²) in [5.41, 5.74) is 6.55. The summed E-state index contributed by atoms with van der Waals surface area (Å²) in [6.45, 7) is 7.72. The molecule has 18 heavy (non-hydrogen) atoms. The van der Waals surface area contributed by atoms with E-state index in [1.165, 1.54) is 0 Å². The summed E-state index contributed by atoms with van der Waals surface area (Å²) in [6.07, 6.45) is 0. The van der Waals surface area contributed by atoms with E-state index in [9.17, 15) is 4.79 Å². The molecule has 1 aromatic carbocycles. The molecule has 4 heteroatoms. The Morgan fingerprint density at radius 1 is 1.33 bits per heavy atom. The van der Waals surface area contributed by atoms with Crippen molar-refractivity contribution in [2.45, 2.75) is 39.8 Å². The van der Waals surface area contributed by atoms with Gasteiger partial charge >= 0.3 is 0 Å². The van der Waals surface area contributed by atoms with Gasteiger partial charge in [-0.25, -0.2) is 0 Å². The first-order chi connectivity index (χ1) is 8.23. The highest BCUT2D eigenvalue weighted by Gasteiger charge is 2.28. The molecule has 0 fully saturated rings. The number of rotatable bonds is 3. The number of carbonyl (C=O) groups is 1. The fourth-order valence-corrected chi connectivity index (χ4v) is 1.90. The average Bonchev–Trinajstić information content (AvgIpc) is 2.27. The lowest BCUT2D eigenvalue weighted by Gasteiger charge is -2.27. The Hall–Kier alpha value is -1.06. The molecular weight excluding hydrogens is 248 g/mol. The summed E-state index contributed by atoms with van der Waals surface area (Å²) in [6, 6.07) is 6.77. The largest absolute Gasteiger partial charge is 0.348 e. The molecule has 0 saturated heterocycles. The van der Waals surface area contributed by atoms with E-state index in [1.54, 1.807) is 0 Å². The molecule has 0 aliphatic heterocycles. The van der Waals surface area contributed by atoms with E-state index < -0.39 is 6.04 Å². The number of nitrogens with two attached hydrogens (primary N) is 1. The lowest BCUT2D eigenvalue weighted by Crippen LogP contribution is -2.49. The van der Waals surface area contributed by atoms with Crippen LogP contribution >= 0.6 is 11.6 Å². The zero-order valence-corrected chi connectivity index (χ0v) is 12.1. The average molecular weight is 269 g/mol. The summed E-state index contributed by atoms with van der Waals surface area (Å²) in [5.74, 6) is -0.157. The van der Waals surface area contributed by atoms with Crippen LogP contribution in [0.15, 0.2) is 24.3 Å². The third-order valence-corrected chi connectivity index (χ3v) is 3.29. The standard InChI is InChI=1S/C14H21ClN2O/c1-9(10-7-5-6-8-11(10)15)17-13(18)12(16)14(2,3)4/h5-9,12H,16H2,1-4H3,(H,17,18)/t9-,12+/m1/s1. The van der Waals surface area contributed by atoms with Crippen LogP contribution in [0.1, 0.15) is 39.3 Å². The minimum atomic E-state index is -0.539. The third kappa shape index (κ3) is 3.72. The highest BCUT2D eigenvalue weighted by Crippen LogP contribution is 2.23. The van der Waals surface area contributed by atoms with Crippen LogP contribution in [-0.4, -0.2) is 11.9 Å². The minimum absolute atomic E-state index is 0.153.